The van der Waals surface area contributed by atoms with Gasteiger partial charge in [-0.1, -0.05) is 6.07 Å². The van der Waals surface area contributed by atoms with E-state index >= 15 is 0 Å². The molecule has 2 heterocycles. The van der Waals surface area contributed by atoms with Crippen molar-refractivity contribution in [1.29, 1.82) is 0 Å². The molecule has 0 aliphatic rings. The molecule has 3 rings (SSSR count). The zero-order chi connectivity index (χ0) is 13.4. The van der Waals surface area contributed by atoms with E-state index in [1.165, 1.54) is 12.1 Å². The average Bonchev–Trinajstić information content (AvgIpc) is 2.42. The third-order valence-electron chi connectivity index (χ3n) is 2.65. The summed E-state index contributed by atoms with van der Waals surface area (Å²) in [6, 6.07) is 7.91. The molecule has 19 heavy (non-hydrogen) atoms. The number of H-pyrrole nitrogens is 1. The van der Waals surface area contributed by atoms with Gasteiger partial charge in [-0.05, 0) is 34.1 Å². The van der Waals surface area contributed by atoms with Crippen molar-refractivity contribution in [3.8, 4) is 11.5 Å². The molecule has 0 spiro atoms. The van der Waals surface area contributed by atoms with Gasteiger partial charge in [-0.15, -0.1) is 0 Å². The third-order valence-corrected chi connectivity index (χ3v) is 3.26. The fourth-order valence-corrected chi connectivity index (χ4v) is 2.10. The Kier molecular flexibility index (Phi) is 2.87. The number of hydrogen-bond donors (Lipinski definition) is 1. The predicted octanol–water partition coefficient (Wildman–Crippen LogP) is 2.89. The smallest absolute Gasteiger partial charge is 0.259 e. The first kappa shape index (κ1) is 12.0. The number of benzene rings is 1. The van der Waals surface area contributed by atoms with Gasteiger partial charge >= 0.3 is 0 Å². The highest BCUT2D eigenvalue weighted by Gasteiger charge is 2.09. The lowest BCUT2D eigenvalue weighted by Crippen LogP contribution is -2.10. The van der Waals surface area contributed by atoms with Crippen molar-refractivity contribution in [3.05, 3.63) is 57.2 Å². The van der Waals surface area contributed by atoms with Crippen LogP contribution in [0.3, 0.4) is 0 Å². The van der Waals surface area contributed by atoms with Gasteiger partial charge in [-0.2, -0.15) is 0 Å². The van der Waals surface area contributed by atoms with Crippen LogP contribution < -0.4 is 5.56 Å². The number of fused-ring (bicyclic) bond motifs is 1. The first-order chi connectivity index (χ1) is 9.15. The van der Waals surface area contributed by atoms with E-state index in [0.29, 0.717) is 22.4 Å². The molecule has 0 fully saturated rings. The Morgan fingerprint density at radius 2 is 2.11 bits per heavy atom. The predicted molar refractivity (Wildman–Crippen MR) is 73.3 cm³/mol. The average molecular weight is 320 g/mol. The summed E-state index contributed by atoms with van der Waals surface area (Å²) >= 11 is 3.05. The minimum atomic E-state index is -0.461. The molecule has 0 radical (unpaired) electrons. The molecule has 0 aliphatic heterocycles. The van der Waals surface area contributed by atoms with Crippen molar-refractivity contribution < 1.29 is 4.39 Å². The quantitative estimate of drug-likeness (QED) is 0.750. The van der Waals surface area contributed by atoms with E-state index < -0.39 is 5.82 Å². The Bertz CT molecular complexity index is 817. The van der Waals surface area contributed by atoms with Crippen LogP contribution in [0.15, 0.2) is 45.8 Å². The van der Waals surface area contributed by atoms with E-state index in [9.17, 15) is 9.18 Å². The van der Waals surface area contributed by atoms with Gasteiger partial charge in [-0.25, -0.2) is 9.37 Å². The summed E-state index contributed by atoms with van der Waals surface area (Å²) in [4.78, 5) is 22.9. The summed E-state index contributed by atoms with van der Waals surface area (Å²) < 4.78 is 13.7. The van der Waals surface area contributed by atoms with E-state index in [1.54, 1.807) is 24.4 Å². The van der Waals surface area contributed by atoms with Gasteiger partial charge < -0.3 is 4.98 Å². The normalized spacial score (nSPS) is 10.8. The first-order valence-electron chi connectivity index (χ1n) is 5.45. The van der Waals surface area contributed by atoms with E-state index in [4.69, 9.17) is 0 Å². The van der Waals surface area contributed by atoms with Crippen molar-refractivity contribution in [2.45, 2.75) is 0 Å². The number of hydrogen-bond acceptors (Lipinski definition) is 3. The van der Waals surface area contributed by atoms with Gasteiger partial charge in [0.2, 0.25) is 0 Å². The Hall–Kier alpha value is -2.08. The number of halogens is 2. The number of aromatic nitrogens is 3. The maximum Gasteiger partial charge on any atom is 0.259 e. The van der Waals surface area contributed by atoms with Crippen LogP contribution in [0.5, 0.6) is 0 Å². The van der Waals surface area contributed by atoms with Crippen LogP contribution in [0.2, 0.25) is 0 Å². The largest absolute Gasteiger partial charge is 0.305 e. The molecule has 1 aromatic carbocycles. The molecule has 0 saturated heterocycles. The van der Waals surface area contributed by atoms with Crippen molar-refractivity contribution >= 4 is 26.8 Å². The van der Waals surface area contributed by atoms with Crippen molar-refractivity contribution in [1.82, 2.24) is 15.0 Å². The highest BCUT2D eigenvalue weighted by molar-refractivity contribution is 9.10. The zero-order valence-corrected chi connectivity index (χ0v) is 11.1. The number of nitrogens with one attached hydrogen (secondary N) is 1. The summed E-state index contributed by atoms with van der Waals surface area (Å²) in [5.41, 5.74) is 0.501. The Morgan fingerprint density at radius 1 is 1.26 bits per heavy atom. The molecule has 3 aromatic rings. The molecule has 0 bridgehead atoms. The van der Waals surface area contributed by atoms with Crippen LogP contribution in [0.4, 0.5) is 4.39 Å². The van der Waals surface area contributed by atoms with Gasteiger partial charge in [0.05, 0.1) is 15.4 Å². The number of pyridine rings is 1. The van der Waals surface area contributed by atoms with E-state index in [1.807, 2.05) is 0 Å². The summed E-state index contributed by atoms with van der Waals surface area (Å²) in [5.74, 6) is -0.141. The molecule has 94 valence electrons. The van der Waals surface area contributed by atoms with Crippen LogP contribution in [-0.2, 0) is 0 Å². The van der Waals surface area contributed by atoms with Crippen LogP contribution >= 0.6 is 15.9 Å². The molecule has 2 aromatic heterocycles. The summed E-state index contributed by atoms with van der Waals surface area (Å²) in [7, 11) is 0. The maximum atomic E-state index is 13.5. The SMILES string of the molecule is O=c1[nH]c(-c2ccccn2)nc2cc(F)c(Br)cc12. The summed E-state index contributed by atoms with van der Waals surface area (Å²) in [6.07, 6.45) is 1.60. The Balaban J connectivity index is 2.31. The van der Waals surface area contributed by atoms with E-state index in [2.05, 4.69) is 30.9 Å². The van der Waals surface area contributed by atoms with Crippen LogP contribution in [0.1, 0.15) is 0 Å². The number of rotatable bonds is 1. The molecular formula is C13H7BrFN3O. The van der Waals surface area contributed by atoms with Crippen LogP contribution in [0, 0.1) is 5.82 Å². The maximum absolute atomic E-state index is 13.5. The van der Waals surface area contributed by atoms with Crippen molar-refractivity contribution in [3.63, 3.8) is 0 Å². The Labute approximate surface area is 115 Å². The van der Waals surface area contributed by atoms with E-state index in [-0.39, 0.29) is 10.0 Å². The minimum absolute atomic E-state index is 0.234. The molecule has 1 N–H and O–H groups in total. The molecule has 0 saturated carbocycles. The Morgan fingerprint density at radius 3 is 2.84 bits per heavy atom. The van der Waals surface area contributed by atoms with Crippen molar-refractivity contribution in [2.24, 2.45) is 0 Å². The van der Waals surface area contributed by atoms with Gasteiger partial charge in [0.1, 0.15) is 11.5 Å². The molecule has 0 amide bonds. The number of nitrogens with zero attached hydrogens (tertiary/aromatic N) is 2. The van der Waals surface area contributed by atoms with Gasteiger partial charge in [0, 0.05) is 12.3 Å². The fourth-order valence-electron chi connectivity index (χ4n) is 1.76. The topological polar surface area (TPSA) is 58.6 Å². The highest BCUT2D eigenvalue weighted by Crippen LogP contribution is 2.21. The molecule has 0 atom stereocenters. The third kappa shape index (κ3) is 2.15. The zero-order valence-electron chi connectivity index (χ0n) is 9.52. The fraction of sp³-hybridized carbons (Fsp3) is 0. The lowest BCUT2D eigenvalue weighted by Gasteiger charge is -2.03. The standard InChI is InChI=1S/C13H7BrFN3O/c14-8-5-7-11(6-9(8)15)17-12(18-13(7)19)10-3-1-2-4-16-10/h1-6H,(H,17,18,19). The highest BCUT2D eigenvalue weighted by atomic mass is 79.9. The summed E-state index contributed by atoms with van der Waals surface area (Å²) in [6.45, 7) is 0. The van der Waals surface area contributed by atoms with Crippen LogP contribution in [-0.4, -0.2) is 15.0 Å². The van der Waals surface area contributed by atoms with Crippen molar-refractivity contribution in [2.75, 3.05) is 0 Å². The second kappa shape index (κ2) is 4.55. The van der Waals surface area contributed by atoms with Crippen LogP contribution in [0.25, 0.3) is 22.4 Å². The lowest BCUT2D eigenvalue weighted by atomic mass is 10.2. The second-order valence-corrected chi connectivity index (χ2v) is 4.77. The molecular weight excluding hydrogens is 313 g/mol. The van der Waals surface area contributed by atoms with Gasteiger partial charge in [-0.3, -0.25) is 9.78 Å². The molecule has 0 aliphatic carbocycles. The monoisotopic (exact) mass is 319 g/mol. The van der Waals surface area contributed by atoms with E-state index in [0.717, 1.165) is 0 Å². The van der Waals surface area contributed by atoms with Gasteiger partial charge in [0.25, 0.3) is 5.56 Å². The molecule has 6 heteroatoms. The minimum Gasteiger partial charge on any atom is -0.305 e. The number of aromatic amines is 1. The van der Waals surface area contributed by atoms with Gasteiger partial charge in [0.15, 0.2) is 5.82 Å². The first-order valence-corrected chi connectivity index (χ1v) is 6.25. The summed E-state index contributed by atoms with van der Waals surface area (Å²) in [5, 5.41) is 0.327. The molecule has 0 unspecified atom stereocenters. The second-order valence-electron chi connectivity index (χ2n) is 3.91. The lowest BCUT2D eigenvalue weighted by molar-refractivity contribution is 0.622. The molecule has 4 nitrogen and oxygen atoms in total.